The predicted molar refractivity (Wildman–Crippen MR) is 55.9 cm³/mol. The van der Waals surface area contributed by atoms with Gasteiger partial charge in [0.15, 0.2) is 0 Å². The number of carboxylic acid groups (broad SMARTS) is 1. The molecule has 0 aromatic carbocycles. The Morgan fingerprint density at radius 3 is 2.62 bits per heavy atom. The summed E-state index contributed by atoms with van der Waals surface area (Å²) in [5, 5.41) is 18.6. The normalized spacial score (nSPS) is 20.4. The number of aliphatic carboxylic acids is 1. The third-order valence-corrected chi connectivity index (χ3v) is 2.39. The maximum atomic E-state index is 11.4. The molecule has 0 radical (unpaired) electrons. The summed E-state index contributed by atoms with van der Waals surface area (Å²) in [6.45, 7) is 0. The minimum absolute atomic E-state index is 0.177. The number of carboxylic acids is 1. The maximum absolute atomic E-state index is 11.4. The molecule has 1 aliphatic rings. The largest absolute Gasteiger partial charge is 0.511 e. The quantitative estimate of drug-likeness (QED) is 0.698. The molecule has 5 nitrogen and oxygen atoms in total. The van der Waals surface area contributed by atoms with Crippen LogP contribution in [0.3, 0.4) is 0 Å². The first-order chi connectivity index (χ1) is 7.57. The van der Waals surface area contributed by atoms with E-state index in [0.29, 0.717) is 12.8 Å². The summed E-state index contributed by atoms with van der Waals surface area (Å²) in [7, 11) is 1.15. The van der Waals surface area contributed by atoms with E-state index >= 15 is 0 Å². The summed E-state index contributed by atoms with van der Waals surface area (Å²) in [5.74, 6) is -2.25. The van der Waals surface area contributed by atoms with Crippen LogP contribution in [0.1, 0.15) is 25.7 Å². The topological polar surface area (TPSA) is 83.8 Å². The van der Waals surface area contributed by atoms with Crippen molar-refractivity contribution in [2.75, 3.05) is 7.11 Å². The molecule has 88 valence electrons. The number of carbonyl (C=O) groups excluding carboxylic acids is 1. The van der Waals surface area contributed by atoms with Gasteiger partial charge in [-0.15, -0.1) is 0 Å². The average Bonchev–Trinajstić information content (AvgIpc) is 2.22. The smallest absolute Gasteiger partial charge is 0.342 e. The first kappa shape index (κ1) is 12.3. The molecule has 5 heteroatoms. The third-order valence-electron chi connectivity index (χ3n) is 2.39. The molecule has 0 bridgehead atoms. The van der Waals surface area contributed by atoms with Crippen molar-refractivity contribution in [3.8, 4) is 0 Å². The Morgan fingerprint density at radius 1 is 1.38 bits per heavy atom. The van der Waals surface area contributed by atoms with Crippen LogP contribution in [-0.4, -0.2) is 29.3 Å². The van der Waals surface area contributed by atoms with Crippen LogP contribution in [0.2, 0.25) is 0 Å². The Labute approximate surface area is 93.0 Å². The highest BCUT2D eigenvalue weighted by molar-refractivity contribution is 6.06. The Bertz CT molecular complexity index is 365. The van der Waals surface area contributed by atoms with Gasteiger partial charge in [-0.05, 0) is 19.3 Å². The van der Waals surface area contributed by atoms with Gasteiger partial charge in [-0.1, -0.05) is 6.08 Å². The van der Waals surface area contributed by atoms with Gasteiger partial charge in [0.05, 0.1) is 12.7 Å². The molecule has 2 N–H and O–H groups in total. The van der Waals surface area contributed by atoms with Gasteiger partial charge in [0, 0.05) is 6.42 Å². The number of carbonyl (C=O) groups is 2. The molecular formula is C11H14O5. The van der Waals surface area contributed by atoms with Gasteiger partial charge in [0.2, 0.25) is 0 Å². The zero-order valence-corrected chi connectivity index (χ0v) is 9.02. The highest BCUT2D eigenvalue weighted by atomic mass is 16.5. The lowest BCUT2D eigenvalue weighted by atomic mass is 9.97. The third kappa shape index (κ3) is 2.62. The number of aliphatic hydroxyl groups excluding tert-OH is 1. The minimum Gasteiger partial charge on any atom is -0.511 e. The lowest BCUT2D eigenvalue weighted by Gasteiger charge is -2.12. The van der Waals surface area contributed by atoms with Crippen molar-refractivity contribution >= 4 is 11.9 Å². The SMILES string of the molecule is COC(=O)C1=C(O)CCCC/C=C\1C(=O)O. The molecule has 0 atom stereocenters. The zero-order chi connectivity index (χ0) is 12.1. The van der Waals surface area contributed by atoms with Crippen LogP contribution in [-0.2, 0) is 14.3 Å². The number of ether oxygens (including phenoxy) is 1. The summed E-state index contributed by atoms with van der Waals surface area (Å²) in [6, 6.07) is 0. The summed E-state index contributed by atoms with van der Waals surface area (Å²) < 4.78 is 4.48. The van der Waals surface area contributed by atoms with E-state index in [0.717, 1.165) is 20.0 Å². The first-order valence-electron chi connectivity index (χ1n) is 5.02. The van der Waals surface area contributed by atoms with E-state index < -0.39 is 11.9 Å². The zero-order valence-electron chi connectivity index (χ0n) is 9.02. The van der Waals surface area contributed by atoms with Crippen LogP contribution < -0.4 is 0 Å². The van der Waals surface area contributed by atoms with E-state index in [1.807, 2.05) is 0 Å². The van der Waals surface area contributed by atoms with Gasteiger partial charge in [-0.25, -0.2) is 9.59 Å². The van der Waals surface area contributed by atoms with Gasteiger partial charge in [0.25, 0.3) is 0 Å². The fourth-order valence-electron chi connectivity index (χ4n) is 1.59. The van der Waals surface area contributed by atoms with Crippen LogP contribution in [0.5, 0.6) is 0 Å². The predicted octanol–water partition coefficient (Wildman–Crippen LogP) is 1.56. The molecule has 0 unspecified atom stereocenters. The number of rotatable bonds is 2. The van der Waals surface area contributed by atoms with Crippen LogP contribution in [0.4, 0.5) is 0 Å². The number of hydrogen-bond acceptors (Lipinski definition) is 4. The Hall–Kier alpha value is -1.78. The molecule has 0 saturated carbocycles. The lowest BCUT2D eigenvalue weighted by Crippen LogP contribution is -2.16. The van der Waals surface area contributed by atoms with E-state index in [1.54, 1.807) is 0 Å². The molecule has 0 saturated heterocycles. The summed E-state index contributed by atoms with van der Waals surface area (Å²) >= 11 is 0. The fourth-order valence-corrected chi connectivity index (χ4v) is 1.59. The Balaban J connectivity index is 3.21. The van der Waals surface area contributed by atoms with Crippen molar-refractivity contribution in [3.05, 3.63) is 23.0 Å². The van der Waals surface area contributed by atoms with Crippen molar-refractivity contribution in [1.82, 2.24) is 0 Å². The molecular weight excluding hydrogens is 212 g/mol. The summed E-state index contributed by atoms with van der Waals surface area (Å²) in [6.07, 6.45) is 3.83. The molecule has 0 heterocycles. The van der Waals surface area contributed by atoms with Gasteiger partial charge in [-0.3, -0.25) is 0 Å². The van der Waals surface area contributed by atoms with Crippen LogP contribution in [0.15, 0.2) is 23.0 Å². The lowest BCUT2D eigenvalue weighted by molar-refractivity contribution is -0.138. The fraction of sp³-hybridized carbons (Fsp3) is 0.455. The second-order valence-electron chi connectivity index (χ2n) is 3.48. The second kappa shape index (κ2) is 5.34. The van der Waals surface area contributed by atoms with Crippen molar-refractivity contribution in [3.63, 3.8) is 0 Å². The van der Waals surface area contributed by atoms with E-state index in [1.165, 1.54) is 6.08 Å². The number of allylic oxidation sites excluding steroid dienone is 2. The van der Waals surface area contributed by atoms with Gasteiger partial charge in [0.1, 0.15) is 11.3 Å². The van der Waals surface area contributed by atoms with Gasteiger partial charge in [-0.2, -0.15) is 0 Å². The van der Waals surface area contributed by atoms with Crippen molar-refractivity contribution in [2.45, 2.75) is 25.7 Å². The second-order valence-corrected chi connectivity index (χ2v) is 3.48. The first-order valence-corrected chi connectivity index (χ1v) is 5.02. The van der Waals surface area contributed by atoms with Crippen LogP contribution in [0, 0.1) is 0 Å². The molecule has 0 fully saturated rings. The van der Waals surface area contributed by atoms with Gasteiger partial charge >= 0.3 is 11.9 Å². The molecule has 0 aromatic heterocycles. The minimum atomic E-state index is -1.23. The summed E-state index contributed by atoms with van der Waals surface area (Å²) in [4.78, 5) is 22.4. The van der Waals surface area contributed by atoms with E-state index in [4.69, 9.17) is 5.11 Å². The number of methoxy groups -OCH3 is 1. The molecule has 1 rings (SSSR count). The molecule has 16 heavy (non-hydrogen) atoms. The molecule has 0 aliphatic heterocycles. The van der Waals surface area contributed by atoms with E-state index in [-0.39, 0.29) is 16.9 Å². The van der Waals surface area contributed by atoms with Gasteiger partial charge < -0.3 is 14.9 Å². The van der Waals surface area contributed by atoms with Crippen molar-refractivity contribution < 1.29 is 24.5 Å². The van der Waals surface area contributed by atoms with E-state index in [2.05, 4.69) is 4.74 Å². The number of esters is 1. The van der Waals surface area contributed by atoms with Crippen LogP contribution in [0.25, 0.3) is 0 Å². The number of hydrogen-bond donors (Lipinski definition) is 2. The molecule has 0 amide bonds. The molecule has 1 aliphatic carbocycles. The standard InChI is InChI=1S/C11H14O5/c1-16-11(15)9-7(10(13)14)5-3-2-4-6-8(9)12/h5,12H,2-4,6H2,1H3,(H,13,14)/b7-5+,9-8?. The molecule has 0 spiro atoms. The summed E-state index contributed by atoms with van der Waals surface area (Å²) in [5.41, 5.74) is -0.404. The van der Waals surface area contributed by atoms with Crippen LogP contribution >= 0.6 is 0 Å². The average molecular weight is 226 g/mol. The van der Waals surface area contributed by atoms with E-state index in [9.17, 15) is 14.7 Å². The highest BCUT2D eigenvalue weighted by Crippen LogP contribution is 2.23. The monoisotopic (exact) mass is 226 g/mol. The maximum Gasteiger partial charge on any atom is 0.342 e. The Morgan fingerprint density at radius 2 is 2.06 bits per heavy atom. The Kier molecular flexibility index (Phi) is 4.10. The van der Waals surface area contributed by atoms with Crippen molar-refractivity contribution in [1.29, 1.82) is 0 Å². The highest BCUT2D eigenvalue weighted by Gasteiger charge is 2.25. The van der Waals surface area contributed by atoms with Crippen molar-refractivity contribution in [2.24, 2.45) is 0 Å². The number of aliphatic hydroxyl groups is 1. The molecule has 0 aromatic rings.